The summed E-state index contributed by atoms with van der Waals surface area (Å²) in [5.41, 5.74) is 6.67. The average molecular weight is 426 g/mol. The zero-order valence-corrected chi connectivity index (χ0v) is 18.3. The second kappa shape index (κ2) is 8.01. The third-order valence-electron chi connectivity index (χ3n) is 4.93. The number of nitrogens with zero attached hydrogens (tertiary/aromatic N) is 3. The highest BCUT2D eigenvalue weighted by atomic mass is 32.2. The molecule has 0 radical (unpaired) electrons. The number of fused-ring (bicyclic) bond motifs is 1. The van der Waals surface area contributed by atoms with E-state index in [0.29, 0.717) is 0 Å². The second-order valence-electron chi connectivity index (χ2n) is 7.10. The lowest BCUT2D eigenvalue weighted by molar-refractivity contribution is 0.984. The summed E-state index contributed by atoms with van der Waals surface area (Å²) < 4.78 is 0.926. The predicted molar refractivity (Wildman–Crippen MR) is 126 cm³/mol. The first-order chi connectivity index (χ1) is 14.7. The normalized spacial score (nSPS) is 11.1. The van der Waals surface area contributed by atoms with Crippen LogP contribution in [0, 0.1) is 13.8 Å². The van der Waals surface area contributed by atoms with Gasteiger partial charge in [0.05, 0.1) is 11.2 Å². The maximum Gasteiger partial charge on any atom is 0.179 e. The maximum atomic E-state index is 5.10. The molecule has 0 spiro atoms. The van der Waals surface area contributed by atoms with Gasteiger partial charge in [-0.1, -0.05) is 101 Å². The Kier molecular flexibility index (Phi) is 5.07. The lowest BCUT2D eigenvalue weighted by atomic mass is 9.98. The summed E-state index contributed by atoms with van der Waals surface area (Å²) >= 11 is 3.26. The minimum Gasteiger partial charge on any atom is -0.247 e. The molecule has 5 rings (SSSR count). The van der Waals surface area contributed by atoms with Crippen molar-refractivity contribution in [3.8, 4) is 22.4 Å². The van der Waals surface area contributed by atoms with Gasteiger partial charge in [0.2, 0.25) is 0 Å². The average Bonchev–Trinajstić information content (AvgIpc) is 3.19. The first-order valence-corrected chi connectivity index (χ1v) is 11.4. The van der Waals surface area contributed by atoms with Crippen molar-refractivity contribution in [2.24, 2.45) is 0 Å². The van der Waals surface area contributed by atoms with Gasteiger partial charge in [0.1, 0.15) is 5.01 Å². The Bertz CT molecular complexity index is 1330. The van der Waals surface area contributed by atoms with E-state index in [1.807, 2.05) is 13.0 Å². The molecule has 146 valence electrons. The van der Waals surface area contributed by atoms with E-state index < -0.39 is 0 Å². The fourth-order valence-electron chi connectivity index (χ4n) is 3.50. The number of rotatable bonds is 4. The van der Waals surface area contributed by atoms with Crippen molar-refractivity contribution in [1.82, 2.24) is 15.2 Å². The van der Waals surface area contributed by atoms with Crippen LogP contribution in [0.2, 0.25) is 0 Å². The molecule has 0 amide bonds. The van der Waals surface area contributed by atoms with E-state index in [-0.39, 0.29) is 0 Å². The van der Waals surface area contributed by atoms with Gasteiger partial charge in [-0.3, -0.25) is 0 Å². The number of para-hydroxylation sites is 1. The van der Waals surface area contributed by atoms with Gasteiger partial charge in [0.25, 0.3) is 0 Å². The van der Waals surface area contributed by atoms with Crippen LogP contribution in [0.3, 0.4) is 0 Å². The number of hydrogen-bond donors (Lipinski definition) is 0. The molecule has 3 aromatic carbocycles. The monoisotopic (exact) mass is 425 g/mol. The van der Waals surface area contributed by atoms with Crippen LogP contribution < -0.4 is 0 Å². The number of aryl methyl sites for hydroxylation is 2. The summed E-state index contributed by atoms with van der Waals surface area (Å²) in [4.78, 5) is 6.21. The molecule has 2 heterocycles. The molecule has 5 aromatic rings. The molecule has 0 fully saturated rings. The van der Waals surface area contributed by atoms with E-state index >= 15 is 0 Å². The summed E-state index contributed by atoms with van der Waals surface area (Å²) in [6.07, 6.45) is 0. The zero-order chi connectivity index (χ0) is 20.5. The van der Waals surface area contributed by atoms with Crippen LogP contribution in [0.15, 0.2) is 88.1 Å². The minimum absolute atomic E-state index is 0.926. The number of hydrogen-bond acceptors (Lipinski definition) is 5. The molecule has 0 unspecified atom stereocenters. The van der Waals surface area contributed by atoms with Gasteiger partial charge in [0.15, 0.2) is 4.34 Å². The Labute approximate surface area is 183 Å². The van der Waals surface area contributed by atoms with Crippen LogP contribution in [0.5, 0.6) is 0 Å². The number of aromatic nitrogens is 3. The molecule has 0 N–H and O–H groups in total. The van der Waals surface area contributed by atoms with E-state index in [9.17, 15) is 0 Å². The van der Waals surface area contributed by atoms with Gasteiger partial charge < -0.3 is 0 Å². The Morgan fingerprint density at radius 3 is 2.20 bits per heavy atom. The van der Waals surface area contributed by atoms with Crippen molar-refractivity contribution in [3.05, 3.63) is 89.4 Å². The van der Waals surface area contributed by atoms with Gasteiger partial charge in [-0.2, -0.15) is 0 Å². The summed E-state index contributed by atoms with van der Waals surface area (Å²) in [7, 11) is 0. The van der Waals surface area contributed by atoms with E-state index in [1.54, 1.807) is 23.1 Å². The van der Waals surface area contributed by atoms with E-state index in [0.717, 1.165) is 36.4 Å². The van der Waals surface area contributed by atoms with E-state index in [2.05, 4.69) is 89.9 Å². The Balaban J connectivity index is 1.85. The summed E-state index contributed by atoms with van der Waals surface area (Å²) in [6.45, 7) is 4.09. The van der Waals surface area contributed by atoms with Crippen molar-refractivity contribution in [2.45, 2.75) is 23.1 Å². The topological polar surface area (TPSA) is 38.7 Å². The highest BCUT2D eigenvalue weighted by Gasteiger charge is 2.20. The molecule has 0 aliphatic carbocycles. The lowest BCUT2D eigenvalue weighted by Gasteiger charge is -2.17. The largest absolute Gasteiger partial charge is 0.247 e. The van der Waals surface area contributed by atoms with Crippen LogP contribution in [-0.4, -0.2) is 15.2 Å². The van der Waals surface area contributed by atoms with Crippen molar-refractivity contribution in [1.29, 1.82) is 0 Å². The molecule has 3 nitrogen and oxygen atoms in total. The number of pyridine rings is 1. The van der Waals surface area contributed by atoms with Crippen molar-refractivity contribution < 1.29 is 0 Å². The van der Waals surface area contributed by atoms with Crippen LogP contribution in [0.1, 0.15) is 10.6 Å². The molecule has 0 bridgehead atoms. The summed E-state index contributed by atoms with van der Waals surface area (Å²) in [5, 5.41) is 10.7. The van der Waals surface area contributed by atoms with Crippen LogP contribution >= 0.6 is 23.1 Å². The summed E-state index contributed by atoms with van der Waals surface area (Å²) in [5.74, 6) is 0. The third kappa shape index (κ3) is 3.62. The van der Waals surface area contributed by atoms with E-state index in [1.165, 1.54) is 16.7 Å². The van der Waals surface area contributed by atoms with Crippen LogP contribution in [0.25, 0.3) is 33.3 Å². The molecule has 2 aromatic heterocycles. The molecule has 0 aliphatic heterocycles. The highest BCUT2D eigenvalue weighted by Crippen LogP contribution is 2.45. The summed E-state index contributed by atoms with van der Waals surface area (Å²) in [6, 6.07) is 27.5. The SMILES string of the molecule is Cc1ccc(-c2nc3ccccc3c(-c3ccccc3)c2Sc2nnc(C)s2)cc1. The molecule has 5 heteroatoms. The number of benzene rings is 3. The zero-order valence-electron chi connectivity index (χ0n) is 16.7. The molecule has 0 aliphatic rings. The van der Waals surface area contributed by atoms with Gasteiger partial charge in [0, 0.05) is 21.4 Å². The van der Waals surface area contributed by atoms with Gasteiger partial charge >= 0.3 is 0 Å². The second-order valence-corrected chi connectivity index (χ2v) is 9.54. The van der Waals surface area contributed by atoms with Crippen molar-refractivity contribution >= 4 is 34.0 Å². The Hall–Kier alpha value is -3.02. The third-order valence-corrected chi connectivity index (χ3v) is 6.92. The molecule has 0 saturated carbocycles. The van der Waals surface area contributed by atoms with Gasteiger partial charge in [-0.15, -0.1) is 10.2 Å². The molecular formula is C25H19N3S2. The fraction of sp³-hybridized carbons (Fsp3) is 0.0800. The van der Waals surface area contributed by atoms with Crippen molar-refractivity contribution in [3.63, 3.8) is 0 Å². The lowest BCUT2D eigenvalue weighted by Crippen LogP contribution is -1.95. The molecular weight excluding hydrogens is 406 g/mol. The molecule has 0 saturated heterocycles. The smallest absolute Gasteiger partial charge is 0.179 e. The Morgan fingerprint density at radius 2 is 1.47 bits per heavy atom. The molecule has 0 atom stereocenters. The van der Waals surface area contributed by atoms with E-state index in [4.69, 9.17) is 4.98 Å². The fourth-order valence-corrected chi connectivity index (χ4v) is 5.54. The first kappa shape index (κ1) is 19.0. The van der Waals surface area contributed by atoms with Crippen LogP contribution in [-0.2, 0) is 0 Å². The standard InChI is InChI=1S/C25H19N3S2/c1-16-12-14-19(15-13-16)23-24(30-25-28-27-17(2)29-25)22(18-8-4-3-5-9-18)20-10-6-7-11-21(20)26-23/h3-15H,1-2H3. The van der Waals surface area contributed by atoms with Gasteiger partial charge in [-0.05, 0) is 25.5 Å². The highest BCUT2D eigenvalue weighted by molar-refractivity contribution is 8.01. The Morgan fingerprint density at radius 1 is 0.733 bits per heavy atom. The van der Waals surface area contributed by atoms with Crippen LogP contribution in [0.4, 0.5) is 0 Å². The maximum absolute atomic E-state index is 5.10. The predicted octanol–water partition coefficient (Wildman–Crippen LogP) is 7.19. The minimum atomic E-state index is 0.926. The first-order valence-electron chi connectivity index (χ1n) is 9.72. The van der Waals surface area contributed by atoms with Crippen molar-refractivity contribution in [2.75, 3.05) is 0 Å². The molecule has 30 heavy (non-hydrogen) atoms. The van der Waals surface area contributed by atoms with Gasteiger partial charge in [-0.25, -0.2) is 4.98 Å². The quantitative estimate of drug-likeness (QED) is 0.305.